The van der Waals surface area contributed by atoms with Gasteiger partial charge in [-0.1, -0.05) is 31.0 Å². The first-order chi connectivity index (χ1) is 8.28. The van der Waals surface area contributed by atoms with Crippen LogP contribution in [-0.4, -0.2) is 18.3 Å². The molecule has 0 spiro atoms. The zero-order chi connectivity index (χ0) is 11.7. The van der Waals surface area contributed by atoms with Crippen LogP contribution in [0, 0.1) is 0 Å². The zero-order valence-electron chi connectivity index (χ0n) is 9.89. The van der Waals surface area contributed by atoms with Gasteiger partial charge in [0.2, 0.25) is 0 Å². The van der Waals surface area contributed by atoms with Crippen molar-refractivity contribution < 1.29 is 14.6 Å². The minimum absolute atomic E-state index is 0.250. The van der Waals surface area contributed by atoms with Crippen molar-refractivity contribution in [1.82, 2.24) is 0 Å². The van der Waals surface area contributed by atoms with E-state index >= 15 is 0 Å². The lowest BCUT2D eigenvalue weighted by atomic mass is 9.91. The minimum atomic E-state index is -0.630. The third-order valence-electron chi connectivity index (χ3n) is 3.75. The monoisotopic (exact) mass is 234 g/mol. The molecule has 1 heterocycles. The molecule has 1 aromatic carbocycles. The molecular formula is C14H18O3. The Labute approximate surface area is 101 Å². The van der Waals surface area contributed by atoms with Gasteiger partial charge in [-0.3, -0.25) is 0 Å². The van der Waals surface area contributed by atoms with E-state index in [1.54, 1.807) is 0 Å². The molecule has 3 nitrogen and oxygen atoms in total. The summed E-state index contributed by atoms with van der Waals surface area (Å²) in [6.45, 7) is 1.30. The molecule has 3 rings (SSSR count). The van der Waals surface area contributed by atoms with Crippen LogP contribution in [-0.2, 0) is 15.1 Å². The number of benzene rings is 1. The highest BCUT2D eigenvalue weighted by atomic mass is 16.7. The third-order valence-corrected chi connectivity index (χ3v) is 3.75. The van der Waals surface area contributed by atoms with Crippen molar-refractivity contribution >= 4 is 0 Å². The van der Waals surface area contributed by atoms with E-state index in [4.69, 9.17) is 9.47 Å². The average molecular weight is 234 g/mol. The third kappa shape index (κ3) is 2.10. The Balaban J connectivity index is 1.88. The quantitative estimate of drug-likeness (QED) is 0.854. The first-order valence-corrected chi connectivity index (χ1v) is 6.34. The van der Waals surface area contributed by atoms with Gasteiger partial charge in [-0.2, -0.15) is 0 Å². The van der Waals surface area contributed by atoms with E-state index in [2.05, 4.69) is 0 Å². The maximum absolute atomic E-state index is 10.5. The van der Waals surface area contributed by atoms with E-state index in [0.717, 1.165) is 36.8 Å². The molecule has 0 aromatic heterocycles. The Morgan fingerprint density at radius 2 is 1.82 bits per heavy atom. The molecule has 1 aliphatic heterocycles. The SMILES string of the molecule is OC1(c2cccc(C3OCCO3)c2)CCCC1. The van der Waals surface area contributed by atoms with Gasteiger partial charge in [0.15, 0.2) is 6.29 Å². The first kappa shape index (κ1) is 11.2. The molecule has 1 saturated carbocycles. The van der Waals surface area contributed by atoms with Crippen LogP contribution in [0.3, 0.4) is 0 Å². The summed E-state index contributed by atoms with van der Waals surface area (Å²) in [5.41, 5.74) is 1.39. The Morgan fingerprint density at radius 3 is 2.53 bits per heavy atom. The molecule has 0 amide bonds. The minimum Gasteiger partial charge on any atom is -0.385 e. The second-order valence-corrected chi connectivity index (χ2v) is 4.94. The highest BCUT2D eigenvalue weighted by molar-refractivity contribution is 5.29. The van der Waals surface area contributed by atoms with Crippen molar-refractivity contribution in [2.45, 2.75) is 37.6 Å². The summed E-state index contributed by atoms with van der Waals surface area (Å²) in [5.74, 6) is 0. The molecule has 2 fully saturated rings. The highest BCUT2D eigenvalue weighted by Gasteiger charge is 2.33. The molecule has 1 saturated heterocycles. The van der Waals surface area contributed by atoms with Crippen molar-refractivity contribution in [2.75, 3.05) is 13.2 Å². The first-order valence-electron chi connectivity index (χ1n) is 6.34. The molecule has 3 heteroatoms. The smallest absolute Gasteiger partial charge is 0.184 e. The van der Waals surface area contributed by atoms with Crippen molar-refractivity contribution in [3.05, 3.63) is 35.4 Å². The summed E-state index contributed by atoms with van der Waals surface area (Å²) in [6, 6.07) is 8.01. The molecule has 1 N–H and O–H groups in total. The number of ether oxygens (including phenoxy) is 2. The van der Waals surface area contributed by atoms with E-state index in [0.29, 0.717) is 13.2 Å². The summed E-state index contributed by atoms with van der Waals surface area (Å²) >= 11 is 0. The van der Waals surface area contributed by atoms with Crippen molar-refractivity contribution in [1.29, 1.82) is 0 Å². The van der Waals surface area contributed by atoms with Crippen LogP contribution in [0.25, 0.3) is 0 Å². The van der Waals surface area contributed by atoms with Crippen molar-refractivity contribution in [2.24, 2.45) is 0 Å². The van der Waals surface area contributed by atoms with Gasteiger partial charge in [0.25, 0.3) is 0 Å². The van der Waals surface area contributed by atoms with Gasteiger partial charge in [0, 0.05) is 5.56 Å². The number of hydrogen-bond donors (Lipinski definition) is 1. The zero-order valence-corrected chi connectivity index (χ0v) is 9.89. The van der Waals surface area contributed by atoms with E-state index < -0.39 is 5.60 Å². The lowest BCUT2D eigenvalue weighted by Crippen LogP contribution is -2.21. The van der Waals surface area contributed by atoms with Gasteiger partial charge in [-0.05, 0) is 24.5 Å². The van der Waals surface area contributed by atoms with E-state index in [9.17, 15) is 5.11 Å². The Hall–Kier alpha value is -0.900. The second kappa shape index (κ2) is 4.41. The summed E-state index contributed by atoms with van der Waals surface area (Å²) in [4.78, 5) is 0. The van der Waals surface area contributed by atoms with Crippen LogP contribution < -0.4 is 0 Å². The Bertz CT molecular complexity index is 390. The fourth-order valence-corrected chi connectivity index (χ4v) is 2.77. The topological polar surface area (TPSA) is 38.7 Å². The van der Waals surface area contributed by atoms with Crippen molar-refractivity contribution in [3.63, 3.8) is 0 Å². The fourth-order valence-electron chi connectivity index (χ4n) is 2.77. The molecular weight excluding hydrogens is 216 g/mol. The van der Waals surface area contributed by atoms with Gasteiger partial charge in [-0.15, -0.1) is 0 Å². The van der Waals surface area contributed by atoms with E-state index in [1.165, 1.54) is 0 Å². The van der Waals surface area contributed by atoms with Gasteiger partial charge in [0.05, 0.1) is 18.8 Å². The highest BCUT2D eigenvalue weighted by Crippen LogP contribution is 2.39. The predicted octanol–water partition coefficient (Wildman–Crippen LogP) is 2.49. The molecule has 92 valence electrons. The lowest BCUT2D eigenvalue weighted by Gasteiger charge is -2.23. The molecule has 0 unspecified atom stereocenters. The number of hydrogen-bond acceptors (Lipinski definition) is 3. The van der Waals surface area contributed by atoms with Gasteiger partial charge in [0.1, 0.15) is 0 Å². The number of rotatable bonds is 2. The van der Waals surface area contributed by atoms with Crippen LogP contribution in [0.5, 0.6) is 0 Å². The van der Waals surface area contributed by atoms with Gasteiger partial charge >= 0.3 is 0 Å². The maximum atomic E-state index is 10.5. The van der Waals surface area contributed by atoms with E-state index in [-0.39, 0.29) is 6.29 Å². The van der Waals surface area contributed by atoms with Crippen LogP contribution >= 0.6 is 0 Å². The van der Waals surface area contributed by atoms with Crippen LogP contribution in [0.4, 0.5) is 0 Å². The standard InChI is InChI=1S/C14H18O3/c15-14(6-1-2-7-14)12-5-3-4-11(10-12)13-16-8-9-17-13/h3-5,10,13,15H,1-2,6-9H2. The molecule has 17 heavy (non-hydrogen) atoms. The Kier molecular flexibility index (Phi) is 2.90. The summed E-state index contributed by atoms with van der Waals surface area (Å²) < 4.78 is 11.0. The predicted molar refractivity (Wildman–Crippen MR) is 63.5 cm³/mol. The molecule has 2 aliphatic rings. The maximum Gasteiger partial charge on any atom is 0.184 e. The van der Waals surface area contributed by atoms with Crippen LogP contribution in [0.2, 0.25) is 0 Å². The molecule has 1 aromatic rings. The lowest BCUT2D eigenvalue weighted by molar-refractivity contribution is -0.0444. The largest absolute Gasteiger partial charge is 0.385 e. The molecule has 0 bridgehead atoms. The normalized spacial score (nSPS) is 24.3. The summed E-state index contributed by atoms with van der Waals surface area (Å²) in [7, 11) is 0. The van der Waals surface area contributed by atoms with Crippen LogP contribution in [0.15, 0.2) is 24.3 Å². The average Bonchev–Trinajstić information content (AvgIpc) is 3.01. The Morgan fingerprint density at radius 1 is 1.12 bits per heavy atom. The summed E-state index contributed by atoms with van der Waals surface area (Å²) in [6.07, 6.45) is 3.69. The molecule has 1 aliphatic carbocycles. The van der Waals surface area contributed by atoms with Crippen LogP contribution in [0.1, 0.15) is 43.1 Å². The number of aliphatic hydroxyl groups is 1. The van der Waals surface area contributed by atoms with E-state index in [1.807, 2.05) is 24.3 Å². The second-order valence-electron chi connectivity index (χ2n) is 4.94. The summed E-state index contributed by atoms with van der Waals surface area (Å²) in [5, 5.41) is 10.5. The van der Waals surface area contributed by atoms with Crippen molar-refractivity contribution in [3.8, 4) is 0 Å². The van der Waals surface area contributed by atoms with Gasteiger partial charge < -0.3 is 14.6 Å². The van der Waals surface area contributed by atoms with Gasteiger partial charge in [-0.25, -0.2) is 0 Å². The molecule has 0 radical (unpaired) electrons. The molecule has 0 atom stereocenters. The fraction of sp³-hybridized carbons (Fsp3) is 0.571.